The van der Waals surface area contributed by atoms with E-state index in [1.807, 2.05) is 36.6 Å². The molecule has 2 rings (SSSR count). The molecule has 88 valence electrons. The first kappa shape index (κ1) is 11.1. The van der Waals surface area contributed by atoms with Gasteiger partial charge in [0.25, 0.3) is 0 Å². The number of nitrogens with two attached hydrogens (primary N) is 1. The van der Waals surface area contributed by atoms with Crippen LogP contribution >= 0.6 is 0 Å². The average molecular weight is 233 g/mol. The number of rotatable bonds is 2. The molecule has 0 unspecified atom stereocenters. The van der Waals surface area contributed by atoms with Crippen LogP contribution in [0.2, 0.25) is 0 Å². The summed E-state index contributed by atoms with van der Waals surface area (Å²) in [4.78, 5) is 10.9. The van der Waals surface area contributed by atoms with E-state index in [2.05, 4.69) is 15.5 Å². The number of nitrogens with zero attached hydrogens (tertiary/aromatic N) is 2. The number of hydrazine groups is 1. The maximum Gasteiger partial charge on any atom is 0.336 e. The van der Waals surface area contributed by atoms with Crippen LogP contribution in [0.3, 0.4) is 0 Å². The molecule has 0 radical (unpaired) electrons. The Bertz CT molecular complexity index is 520. The summed E-state index contributed by atoms with van der Waals surface area (Å²) in [7, 11) is 0. The fourth-order valence-electron chi connectivity index (χ4n) is 1.22. The minimum Gasteiger partial charge on any atom is -0.403 e. The predicted octanol–water partition coefficient (Wildman–Crippen LogP) is 1.04. The van der Waals surface area contributed by atoms with Gasteiger partial charge in [0, 0.05) is 5.56 Å². The zero-order chi connectivity index (χ0) is 12.3. The molecule has 0 atom stereocenters. The fourth-order valence-corrected chi connectivity index (χ4v) is 1.22. The molecule has 1 aromatic heterocycles. The Labute approximate surface area is 97.0 Å². The van der Waals surface area contributed by atoms with Crippen molar-refractivity contribution >= 4 is 12.0 Å². The quantitative estimate of drug-likeness (QED) is 0.408. The van der Waals surface area contributed by atoms with E-state index in [0.717, 1.165) is 11.1 Å². The van der Waals surface area contributed by atoms with E-state index in [1.165, 1.54) is 0 Å². The Hall–Kier alpha value is -2.41. The third kappa shape index (κ3) is 2.58. The molecule has 2 aromatic rings. The number of amides is 2. The first-order valence-corrected chi connectivity index (χ1v) is 4.87. The van der Waals surface area contributed by atoms with Crippen LogP contribution in [0.25, 0.3) is 11.5 Å². The van der Waals surface area contributed by atoms with Crippen molar-refractivity contribution in [2.75, 3.05) is 5.32 Å². The van der Waals surface area contributed by atoms with E-state index in [0.29, 0.717) is 5.89 Å². The Morgan fingerprint density at radius 3 is 2.65 bits per heavy atom. The topological polar surface area (TPSA) is 106 Å². The molecule has 0 saturated carbocycles. The highest BCUT2D eigenvalue weighted by Crippen LogP contribution is 2.19. The van der Waals surface area contributed by atoms with E-state index in [4.69, 9.17) is 10.3 Å². The molecule has 0 saturated heterocycles. The lowest BCUT2D eigenvalue weighted by Gasteiger charge is -1.97. The van der Waals surface area contributed by atoms with Gasteiger partial charge < -0.3 is 4.42 Å². The highest BCUT2D eigenvalue weighted by atomic mass is 16.4. The van der Waals surface area contributed by atoms with E-state index in [-0.39, 0.29) is 6.01 Å². The van der Waals surface area contributed by atoms with Gasteiger partial charge in [0.2, 0.25) is 5.89 Å². The summed E-state index contributed by atoms with van der Waals surface area (Å²) in [6.45, 7) is 1.98. The zero-order valence-electron chi connectivity index (χ0n) is 9.10. The van der Waals surface area contributed by atoms with Gasteiger partial charge in [-0.3, -0.25) is 10.7 Å². The minimum atomic E-state index is -0.621. The molecule has 4 N–H and O–H groups in total. The summed E-state index contributed by atoms with van der Waals surface area (Å²) in [5, 5.41) is 9.74. The fraction of sp³-hybridized carbons (Fsp3) is 0.100. The molecule has 1 heterocycles. The number of hydrogen-bond acceptors (Lipinski definition) is 5. The number of carbonyl (C=O) groups excluding carboxylic acids is 1. The molecular formula is C10H11N5O2. The van der Waals surface area contributed by atoms with Gasteiger partial charge >= 0.3 is 12.0 Å². The van der Waals surface area contributed by atoms with Crippen LogP contribution in [0, 0.1) is 6.92 Å². The van der Waals surface area contributed by atoms with Crippen molar-refractivity contribution in [2.24, 2.45) is 5.84 Å². The number of anilines is 1. The summed E-state index contributed by atoms with van der Waals surface area (Å²) >= 11 is 0. The largest absolute Gasteiger partial charge is 0.403 e. The number of urea groups is 1. The van der Waals surface area contributed by atoms with Crippen molar-refractivity contribution < 1.29 is 9.21 Å². The summed E-state index contributed by atoms with van der Waals surface area (Å²) in [6, 6.07) is 6.94. The molecule has 0 spiro atoms. The summed E-state index contributed by atoms with van der Waals surface area (Å²) in [5.41, 5.74) is 3.81. The highest BCUT2D eigenvalue weighted by Gasteiger charge is 2.09. The molecular weight excluding hydrogens is 222 g/mol. The lowest BCUT2D eigenvalue weighted by Crippen LogP contribution is -2.34. The van der Waals surface area contributed by atoms with Gasteiger partial charge in [-0.2, -0.15) is 0 Å². The van der Waals surface area contributed by atoms with Crippen molar-refractivity contribution in [3.05, 3.63) is 29.8 Å². The number of aryl methyl sites for hydroxylation is 1. The standard InChI is InChI=1S/C10H11N5O2/c1-6-2-4-7(5-3-6)8-14-15-10(17-8)12-9(16)13-11/h2-5H,11H2,1H3,(H2,12,13,15,16). The minimum absolute atomic E-state index is 0.0106. The lowest BCUT2D eigenvalue weighted by atomic mass is 10.1. The van der Waals surface area contributed by atoms with E-state index in [9.17, 15) is 4.79 Å². The third-order valence-electron chi connectivity index (χ3n) is 2.08. The molecule has 2 amide bonds. The Kier molecular flexibility index (Phi) is 3.01. The van der Waals surface area contributed by atoms with Crippen LogP contribution in [0.5, 0.6) is 0 Å². The van der Waals surface area contributed by atoms with Crippen LogP contribution in [0.4, 0.5) is 10.8 Å². The first-order valence-electron chi connectivity index (χ1n) is 4.87. The molecule has 0 fully saturated rings. The SMILES string of the molecule is Cc1ccc(-c2nnc(NC(=O)NN)o2)cc1. The molecule has 1 aromatic carbocycles. The first-order chi connectivity index (χ1) is 8.19. The van der Waals surface area contributed by atoms with Crippen LogP contribution in [0.1, 0.15) is 5.56 Å². The van der Waals surface area contributed by atoms with Gasteiger partial charge in [0.15, 0.2) is 0 Å². The second-order valence-corrected chi connectivity index (χ2v) is 3.38. The van der Waals surface area contributed by atoms with Gasteiger partial charge in [-0.05, 0) is 19.1 Å². The van der Waals surface area contributed by atoms with Crippen molar-refractivity contribution in [3.63, 3.8) is 0 Å². The van der Waals surface area contributed by atoms with Crippen molar-refractivity contribution in [2.45, 2.75) is 6.92 Å². The Morgan fingerprint density at radius 2 is 2.00 bits per heavy atom. The number of benzene rings is 1. The lowest BCUT2D eigenvalue weighted by molar-refractivity contribution is 0.251. The monoisotopic (exact) mass is 233 g/mol. The molecule has 7 nitrogen and oxygen atoms in total. The van der Waals surface area contributed by atoms with Crippen LogP contribution < -0.4 is 16.6 Å². The molecule has 17 heavy (non-hydrogen) atoms. The van der Waals surface area contributed by atoms with E-state index in [1.54, 1.807) is 0 Å². The van der Waals surface area contributed by atoms with Gasteiger partial charge in [0.1, 0.15) is 0 Å². The molecule has 0 bridgehead atoms. The van der Waals surface area contributed by atoms with Crippen molar-refractivity contribution in [1.29, 1.82) is 0 Å². The number of carbonyl (C=O) groups is 1. The molecule has 7 heteroatoms. The van der Waals surface area contributed by atoms with E-state index < -0.39 is 6.03 Å². The summed E-state index contributed by atoms with van der Waals surface area (Å²) < 4.78 is 5.23. The normalized spacial score (nSPS) is 10.0. The Morgan fingerprint density at radius 1 is 1.29 bits per heavy atom. The second-order valence-electron chi connectivity index (χ2n) is 3.38. The zero-order valence-corrected chi connectivity index (χ0v) is 9.10. The van der Waals surface area contributed by atoms with Crippen LogP contribution in [-0.2, 0) is 0 Å². The van der Waals surface area contributed by atoms with Crippen LogP contribution in [-0.4, -0.2) is 16.2 Å². The third-order valence-corrected chi connectivity index (χ3v) is 2.08. The van der Waals surface area contributed by atoms with Gasteiger partial charge in [-0.1, -0.05) is 22.8 Å². The highest BCUT2D eigenvalue weighted by molar-refractivity contribution is 5.86. The maximum atomic E-state index is 10.9. The van der Waals surface area contributed by atoms with Crippen LogP contribution in [0.15, 0.2) is 28.7 Å². The average Bonchev–Trinajstić information content (AvgIpc) is 2.78. The maximum absolute atomic E-state index is 10.9. The predicted molar refractivity (Wildman–Crippen MR) is 60.8 cm³/mol. The Balaban J connectivity index is 2.18. The van der Waals surface area contributed by atoms with Gasteiger partial charge in [-0.15, -0.1) is 5.10 Å². The summed E-state index contributed by atoms with van der Waals surface area (Å²) in [5.74, 6) is 5.23. The molecule has 0 aliphatic carbocycles. The number of nitrogens with one attached hydrogen (secondary N) is 2. The van der Waals surface area contributed by atoms with Gasteiger partial charge in [-0.25, -0.2) is 10.6 Å². The van der Waals surface area contributed by atoms with E-state index >= 15 is 0 Å². The number of hydrogen-bond donors (Lipinski definition) is 3. The number of aromatic nitrogens is 2. The second kappa shape index (κ2) is 4.62. The summed E-state index contributed by atoms with van der Waals surface area (Å²) in [6.07, 6.45) is 0. The molecule has 0 aliphatic heterocycles. The van der Waals surface area contributed by atoms with Crippen molar-refractivity contribution in [1.82, 2.24) is 15.6 Å². The molecule has 0 aliphatic rings. The van der Waals surface area contributed by atoms with Crippen molar-refractivity contribution in [3.8, 4) is 11.5 Å². The smallest absolute Gasteiger partial charge is 0.336 e. The van der Waals surface area contributed by atoms with Gasteiger partial charge in [0.05, 0.1) is 0 Å².